The standard InChI is InChI=1S/C16H22FNO.ClH/c17-16-6-2-1-4-12(16)5-3-9-19-15-10-13-7-8-14(11-15)18-13;/h1-2,4,6,13-15,18H,3,5,7-11H2;1H. The number of benzene rings is 1. The Balaban J connectivity index is 0.00000147. The van der Waals surface area contributed by atoms with E-state index in [-0.39, 0.29) is 18.2 Å². The van der Waals surface area contributed by atoms with Crippen molar-refractivity contribution in [2.24, 2.45) is 0 Å². The van der Waals surface area contributed by atoms with Gasteiger partial charge in [0.05, 0.1) is 6.10 Å². The van der Waals surface area contributed by atoms with Crippen LogP contribution in [0.4, 0.5) is 4.39 Å². The van der Waals surface area contributed by atoms with E-state index in [1.54, 1.807) is 6.07 Å². The van der Waals surface area contributed by atoms with Crippen molar-refractivity contribution in [1.29, 1.82) is 0 Å². The van der Waals surface area contributed by atoms with Crippen molar-refractivity contribution < 1.29 is 9.13 Å². The summed E-state index contributed by atoms with van der Waals surface area (Å²) in [6, 6.07) is 8.37. The van der Waals surface area contributed by atoms with Crippen LogP contribution in [0.25, 0.3) is 0 Å². The Bertz CT molecular complexity index is 417. The second-order valence-corrected chi connectivity index (χ2v) is 5.80. The maximum atomic E-state index is 13.4. The quantitative estimate of drug-likeness (QED) is 0.841. The summed E-state index contributed by atoms with van der Waals surface area (Å²) in [5.74, 6) is -0.0950. The Morgan fingerprint density at radius 3 is 2.55 bits per heavy atom. The largest absolute Gasteiger partial charge is 0.378 e. The summed E-state index contributed by atoms with van der Waals surface area (Å²) >= 11 is 0. The normalized spacial score (nSPS) is 28.1. The van der Waals surface area contributed by atoms with Gasteiger partial charge in [-0.1, -0.05) is 18.2 Å². The van der Waals surface area contributed by atoms with Crippen LogP contribution in [0.2, 0.25) is 0 Å². The summed E-state index contributed by atoms with van der Waals surface area (Å²) in [6.07, 6.45) is 7.00. The van der Waals surface area contributed by atoms with E-state index in [1.165, 1.54) is 18.9 Å². The van der Waals surface area contributed by atoms with Crippen LogP contribution >= 0.6 is 12.4 Å². The van der Waals surface area contributed by atoms with Crippen molar-refractivity contribution >= 4 is 12.4 Å². The highest BCUT2D eigenvalue weighted by atomic mass is 35.5. The Morgan fingerprint density at radius 2 is 1.85 bits per heavy atom. The second-order valence-electron chi connectivity index (χ2n) is 5.80. The van der Waals surface area contributed by atoms with E-state index in [9.17, 15) is 4.39 Å². The predicted octanol–water partition coefficient (Wildman–Crippen LogP) is 3.48. The van der Waals surface area contributed by atoms with Crippen molar-refractivity contribution in [3.63, 3.8) is 0 Å². The number of halogens is 2. The third-order valence-electron chi connectivity index (χ3n) is 4.33. The summed E-state index contributed by atoms with van der Waals surface area (Å²) in [6.45, 7) is 0.748. The molecule has 1 N–H and O–H groups in total. The number of hydrogen-bond donors (Lipinski definition) is 1. The maximum Gasteiger partial charge on any atom is 0.126 e. The van der Waals surface area contributed by atoms with E-state index in [2.05, 4.69) is 5.32 Å². The molecule has 0 saturated carbocycles. The fourth-order valence-electron chi connectivity index (χ4n) is 3.35. The van der Waals surface area contributed by atoms with Crippen LogP contribution in [0.15, 0.2) is 24.3 Å². The molecule has 2 saturated heterocycles. The molecule has 2 bridgehead atoms. The maximum absolute atomic E-state index is 13.4. The number of piperidine rings is 1. The van der Waals surface area contributed by atoms with E-state index in [1.807, 2.05) is 12.1 Å². The van der Waals surface area contributed by atoms with Gasteiger partial charge in [0.1, 0.15) is 5.82 Å². The summed E-state index contributed by atoms with van der Waals surface area (Å²) in [7, 11) is 0. The number of fused-ring (bicyclic) bond motifs is 2. The van der Waals surface area contributed by atoms with E-state index in [0.717, 1.165) is 37.9 Å². The zero-order valence-corrected chi connectivity index (χ0v) is 12.5. The first-order valence-electron chi connectivity index (χ1n) is 7.42. The summed E-state index contributed by atoms with van der Waals surface area (Å²) in [5, 5.41) is 3.61. The van der Waals surface area contributed by atoms with Gasteiger partial charge in [-0.25, -0.2) is 4.39 Å². The molecule has 2 unspecified atom stereocenters. The molecular formula is C16H23ClFNO. The van der Waals surface area contributed by atoms with Gasteiger partial charge >= 0.3 is 0 Å². The van der Waals surface area contributed by atoms with Crippen LogP contribution < -0.4 is 5.32 Å². The van der Waals surface area contributed by atoms with Crippen LogP contribution in [-0.4, -0.2) is 24.8 Å². The molecular weight excluding hydrogens is 277 g/mol. The fourth-order valence-corrected chi connectivity index (χ4v) is 3.35. The average Bonchev–Trinajstić information content (AvgIpc) is 2.76. The summed E-state index contributed by atoms with van der Waals surface area (Å²) in [5.41, 5.74) is 0.802. The molecule has 2 aliphatic rings. The van der Waals surface area contributed by atoms with Crippen molar-refractivity contribution in [2.45, 2.75) is 56.7 Å². The van der Waals surface area contributed by atoms with E-state index >= 15 is 0 Å². The molecule has 0 amide bonds. The molecule has 1 aromatic rings. The Kier molecular flexibility index (Phi) is 5.82. The Labute approximate surface area is 126 Å². The van der Waals surface area contributed by atoms with E-state index < -0.39 is 0 Å². The minimum atomic E-state index is -0.0950. The van der Waals surface area contributed by atoms with Gasteiger partial charge in [-0.2, -0.15) is 0 Å². The predicted molar refractivity (Wildman–Crippen MR) is 80.9 cm³/mol. The van der Waals surface area contributed by atoms with Crippen LogP contribution in [0.3, 0.4) is 0 Å². The van der Waals surface area contributed by atoms with E-state index in [4.69, 9.17) is 4.74 Å². The number of rotatable bonds is 5. The lowest BCUT2D eigenvalue weighted by Gasteiger charge is -2.29. The lowest BCUT2D eigenvalue weighted by atomic mass is 10.0. The highest BCUT2D eigenvalue weighted by molar-refractivity contribution is 5.85. The zero-order chi connectivity index (χ0) is 13.1. The van der Waals surface area contributed by atoms with Gasteiger partial charge in [-0.3, -0.25) is 0 Å². The average molecular weight is 300 g/mol. The third-order valence-corrected chi connectivity index (χ3v) is 4.33. The molecule has 2 fully saturated rings. The highest BCUT2D eigenvalue weighted by Crippen LogP contribution is 2.28. The van der Waals surface area contributed by atoms with Gasteiger partial charge in [0.25, 0.3) is 0 Å². The molecule has 0 aromatic heterocycles. The number of ether oxygens (including phenoxy) is 1. The minimum absolute atomic E-state index is 0. The summed E-state index contributed by atoms with van der Waals surface area (Å²) < 4.78 is 19.4. The molecule has 0 aliphatic carbocycles. The first-order valence-corrected chi connectivity index (χ1v) is 7.42. The minimum Gasteiger partial charge on any atom is -0.378 e. The first-order chi connectivity index (χ1) is 9.31. The van der Waals surface area contributed by atoms with Gasteiger partial charge in [0.2, 0.25) is 0 Å². The molecule has 2 heterocycles. The monoisotopic (exact) mass is 299 g/mol. The van der Waals surface area contributed by atoms with Crippen LogP contribution in [-0.2, 0) is 11.2 Å². The third kappa shape index (κ3) is 3.94. The topological polar surface area (TPSA) is 21.3 Å². The van der Waals surface area contributed by atoms with Crippen LogP contribution in [0.1, 0.15) is 37.7 Å². The fraction of sp³-hybridized carbons (Fsp3) is 0.625. The van der Waals surface area contributed by atoms with Gasteiger partial charge < -0.3 is 10.1 Å². The molecule has 3 rings (SSSR count). The van der Waals surface area contributed by atoms with Crippen molar-refractivity contribution in [3.8, 4) is 0 Å². The van der Waals surface area contributed by atoms with Gasteiger partial charge in [0, 0.05) is 18.7 Å². The van der Waals surface area contributed by atoms with E-state index in [0.29, 0.717) is 18.2 Å². The molecule has 0 radical (unpaired) electrons. The molecule has 4 heteroatoms. The Morgan fingerprint density at radius 1 is 1.15 bits per heavy atom. The van der Waals surface area contributed by atoms with Gasteiger partial charge in [-0.05, 0) is 50.2 Å². The molecule has 20 heavy (non-hydrogen) atoms. The van der Waals surface area contributed by atoms with Gasteiger partial charge in [0.15, 0.2) is 0 Å². The van der Waals surface area contributed by atoms with Gasteiger partial charge in [-0.15, -0.1) is 12.4 Å². The van der Waals surface area contributed by atoms with Crippen LogP contribution in [0, 0.1) is 5.82 Å². The molecule has 2 atom stereocenters. The molecule has 0 spiro atoms. The lowest BCUT2D eigenvalue weighted by molar-refractivity contribution is 0.0192. The molecule has 2 aliphatic heterocycles. The molecule has 1 aromatic carbocycles. The van der Waals surface area contributed by atoms with Crippen molar-refractivity contribution in [2.75, 3.05) is 6.61 Å². The SMILES string of the molecule is Cl.Fc1ccccc1CCCOC1CC2CCC(C1)N2. The van der Waals surface area contributed by atoms with Crippen molar-refractivity contribution in [3.05, 3.63) is 35.6 Å². The lowest BCUT2D eigenvalue weighted by Crippen LogP contribution is -2.41. The first kappa shape index (κ1) is 15.7. The molecule has 112 valence electrons. The zero-order valence-electron chi connectivity index (χ0n) is 11.7. The van der Waals surface area contributed by atoms with Crippen molar-refractivity contribution in [1.82, 2.24) is 5.32 Å². The number of nitrogens with one attached hydrogen (secondary N) is 1. The number of hydrogen-bond acceptors (Lipinski definition) is 2. The number of aryl methyl sites for hydroxylation is 1. The summed E-state index contributed by atoms with van der Waals surface area (Å²) in [4.78, 5) is 0. The van der Waals surface area contributed by atoms with Crippen LogP contribution in [0.5, 0.6) is 0 Å². The highest BCUT2D eigenvalue weighted by Gasteiger charge is 2.33. The smallest absolute Gasteiger partial charge is 0.126 e. The second kappa shape index (κ2) is 7.39. The Hall–Kier alpha value is -0.640. The molecule has 2 nitrogen and oxygen atoms in total.